The predicted molar refractivity (Wildman–Crippen MR) is 76.5 cm³/mol. The smallest absolute Gasteiger partial charge is 0.0347 e. The van der Waals surface area contributed by atoms with Gasteiger partial charge in [-0.25, -0.2) is 0 Å². The number of fused-ring (bicyclic) bond motifs is 1. The number of hydrogen-bond acceptors (Lipinski definition) is 3. The Labute approximate surface area is 113 Å². The molecule has 2 aromatic rings. The van der Waals surface area contributed by atoms with Crippen LogP contribution in [-0.4, -0.2) is 4.98 Å². The number of nitrogens with two attached hydrogens (primary N) is 1. The second-order valence-electron chi connectivity index (χ2n) is 5.20. The molecule has 3 nitrogen and oxygen atoms in total. The number of hydrogen-bond donors (Lipinski definition) is 2. The Hall–Kier alpha value is -1.71. The molecule has 1 aliphatic carbocycles. The van der Waals surface area contributed by atoms with Gasteiger partial charge >= 0.3 is 0 Å². The summed E-state index contributed by atoms with van der Waals surface area (Å²) in [6.45, 7) is 2.17. The van der Waals surface area contributed by atoms with Crippen molar-refractivity contribution in [2.24, 2.45) is 5.73 Å². The van der Waals surface area contributed by atoms with Crippen molar-refractivity contribution in [3.05, 3.63) is 65.5 Å². The van der Waals surface area contributed by atoms with E-state index in [-0.39, 0.29) is 12.1 Å². The molecule has 3 N–H and O–H groups in total. The number of pyridine rings is 1. The molecule has 3 unspecified atom stereocenters. The van der Waals surface area contributed by atoms with E-state index in [4.69, 9.17) is 5.73 Å². The molecule has 3 atom stereocenters. The molecule has 0 fully saturated rings. The van der Waals surface area contributed by atoms with Crippen LogP contribution in [0.4, 0.5) is 0 Å². The van der Waals surface area contributed by atoms with Gasteiger partial charge < -0.3 is 11.1 Å². The van der Waals surface area contributed by atoms with E-state index >= 15 is 0 Å². The van der Waals surface area contributed by atoms with Gasteiger partial charge in [0.1, 0.15) is 0 Å². The molecule has 1 aromatic carbocycles. The quantitative estimate of drug-likeness (QED) is 0.884. The summed E-state index contributed by atoms with van der Waals surface area (Å²) in [6, 6.07) is 13.3. The molecule has 98 valence electrons. The Morgan fingerprint density at radius 3 is 2.74 bits per heavy atom. The minimum Gasteiger partial charge on any atom is -0.324 e. The molecule has 0 amide bonds. The summed E-state index contributed by atoms with van der Waals surface area (Å²) < 4.78 is 0. The van der Waals surface area contributed by atoms with Crippen molar-refractivity contribution in [2.75, 3.05) is 0 Å². The lowest BCUT2D eigenvalue weighted by atomic mass is 10.1. The Morgan fingerprint density at radius 1 is 1.21 bits per heavy atom. The van der Waals surface area contributed by atoms with E-state index in [1.54, 1.807) is 6.20 Å². The zero-order valence-corrected chi connectivity index (χ0v) is 11.1. The first-order chi connectivity index (χ1) is 9.25. The molecule has 3 rings (SSSR count). The van der Waals surface area contributed by atoms with Crippen molar-refractivity contribution >= 4 is 0 Å². The number of aromatic nitrogens is 1. The van der Waals surface area contributed by atoms with Crippen LogP contribution in [0.2, 0.25) is 0 Å². The van der Waals surface area contributed by atoms with Crippen molar-refractivity contribution in [3.8, 4) is 0 Å². The fourth-order valence-corrected chi connectivity index (χ4v) is 2.86. The van der Waals surface area contributed by atoms with Crippen LogP contribution in [-0.2, 0) is 0 Å². The summed E-state index contributed by atoms with van der Waals surface area (Å²) in [7, 11) is 0. The summed E-state index contributed by atoms with van der Waals surface area (Å²) in [5.74, 6) is 0. The molecule has 0 saturated heterocycles. The molecule has 19 heavy (non-hydrogen) atoms. The summed E-state index contributed by atoms with van der Waals surface area (Å²) in [4.78, 5) is 4.17. The molecule has 1 heterocycles. The second-order valence-corrected chi connectivity index (χ2v) is 5.20. The van der Waals surface area contributed by atoms with Gasteiger partial charge in [0.05, 0.1) is 0 Å². The number of nitrogens with one attached hydrogen (secondary N) is 1. The fraction of sp³-hybridized carbons (Fsp3) is 0.312. The van der Waals surface area contributed by atoms with E-state index in [1.165, 1.54) is 16.7 Å². The molecular formula is C16H19N3. The van der Waals surface area contributed by atoms with E-state index in [9.17, 15) is 0 Å². The molecule has 0 saturated carbocycles. The van der Waals surface area contributed by atoms with Gasteiger partial charge in [0, 0.05) is 30.5 Å². The van der Waals surface area contributed by atoms with Crippen molar-refractivity contribution < 1.29 is 0 Å². The largest absolute Gasteiger partial charge is 0.324 e. The molecule has 0 aliphatic heterocycles. The first-order valence-electron chi connectivity index (χ1n) is 6.76. The Kier molecular flexibility index (Phi) is 3.32. The Bertz CT molecular complexity index is 553. The lowest BCUT2D eigenvalue weighted by Gasteiger charge is -2.20. The van der Waals surface area contributed by atoms with Crippen LogP contribution in [0, 0.1) is 0 Å². The van der Waals surface area contributed by atoms with Gasteiger partial charge in [0.2, 0.25) is 0 Å². The monoisotopic (exact) mass is 253 g/mol. The Morgan fingerprint density at radius 2 is 2.00 bits per heavy atom. The summed E-state index contributed by atoms with van der Waals surface area (Å²) in [6.07, 6.45) is 4.68. The van der Waals surface area contributed by atoms with Crippen LogP contribution < -0.4 is 11.1 Å². The average Bonchev–Trinajstić information content (AvgIpc) is 2.77. The fourth-order valence-electron chi connectivity index (χ4n) is 2.86. The molecule has 0 radical (unpaired) electrons. The maximum Gasteiger partial charge on any atom is 0.0347 e. The van der Waals surface area contributed by atoms with Crippen LogP contribution in [0.1, 0.15) is 48.2 Å². The molecule has 0 spiro atoms. The van der Waals surface area contributed by atoms with Crippen LogP contribution in [0.15, 0.2) is 48.8 Å². The third kappa shape index (κ3) is 2.39. The Balaban J connectivity index is 1.79. The van der Waals surface area contributed by atoms with E-state index in [0.717, 1.165) is 6.42 Å². The van der Waals surface area contributed by atoms with Crippen molar-refractivity contribution in [1.29, 1.82) is 0 Å². The molecule has 1 aliphatic rings. The third-order valence-corrected chi connectivity index (χ3v) is 3.90. The van der Waals surface area contributed by atoms with E-state index in [2.05, 4.69) is 47.6 Å². The topological polar surface area (TPSA) is 50.9 Å². The number of benzene rings is 1. The van der Waals surface area contributed by atoms with Gasteiger partial charge in [0.15, 0.2) is 0 Å². The van der Waals surface area contributed by atoms with Crippen LogP contribution >= 0.6 is 0 Å². The highest BCUT2D eigenvalue weighted by Crippen LogP contribution is 2.38. The highest BCUT2D eigenvalue weighted by molar-refractivity contribution is 5.37. The lowest BCUT2D eigenvalue weighted by molar-refractivity contribution is 0.445. The minimum atomic E-state index is 0.148. The van der Waals surface area contributed by atoms with Crippen molar-refractivity contribution in [1.82, 2.24) is 10.3 Å². The van der Waals surface area contributed by atoms with Gasteiger partial charge in [-0.3, -0.25) is 4.98 Å². The van der Waals surface area contributed by atoms with Crippen LogP contribution in [0.5, 0.6) is 0 Å². The molecule has 3 heteroatoms. The zero-order valence-electron chi connectivity index (χ0n) is 11.1. The summed E-state index contributed by atoms with van der Waals surface area (Å²) in [5, 5.41) is 3.66. The van der Waals surface area contributed by atoms with Crippen LogP contribution in [0.25, 0.3) is 0 Å². The van der Waals surface area contributed by atoms with E-state index < -0.39 is 0 Å². The van der Waals surface area contributed by atoms with Gasteiger partial charge in [0.25, 0.3) is 0 Å². The first kappa shape index (κ1) is 12.3. The van der Waals surface area contributed by atoms with Gasteiger partial charge in [-0.2, -0.15) is 0 Å². The highest BCUT2D eigenvalue weighted by Gasteiger charge is 2.28. The number of nitrogens with zero attached hydrogens (tertiary/aromatic N) is 1. The second kappa shape index (κ2) is 5.11. The maximum atomic E-state index is 6.20. The maximum absolute atomic E-state index is 6.20. The van der Waals surface area contributed by atoms with Gasteiger partial charge in [-0.15, -0.1) is 0 Å². The molecule has 1 aromatic heterocycles. The van der Waals surface area contributed by atoms with Gasteiger partial charge in [-0.05, 0) is 36.1 Å². The summed E-state index contributed by atoms with van der Waals surface area (Å²) >= 11 is 0. The van der Waals surface area contributed by atoms with Crippen molar-refractivity contribution in [2.45, 2.75) is 31.5 Å². The van der Waals surface area contributed by atoms with Gasteiger partial charge in [-0.1, -0.05) is 30.3 Å². The molecular weight excluding hydrogens is 234 g/mol. The number of rotatable bonds is 3. The normalized spacial score (nSPS) is 23.1. The third-order valence-electron chi connectivity index (χ3n) is 3.90. The molecule has 0 bridgehead atoms. The van der Waals surface area contributed by atoms with E-state index in [1.807, 2.05) is 12.3 Å². The average molecular weight is 253 g/mol. The zero-order chi connectivity index (χ0) is 13.2. The van der Waals surface area contributed by atoms with Crippen molar-refractivity contribution in [3.63, 3.8) is 0 Å². The minimum absolute atomic E-state index is 0.148. The van der Waals surface area contributed by atoms with Crippen LogP contribution in [0.3, 0.4) is 0 Å². The lowest BCUT2D eigenvalue weighted by Crippen LogP contribution is -2.23. The standard InChI is InChI=1S/C16H19N3/c1-11(12-5-4-8-18-10-12)19-16-9-15(17)13-6-2-3-7-14(13)16/h2-8,10-11,15-16,19H,9,17H2,1H3. The highest BCUT2D eigenvalue weighted by atomic mass is 15.0. The predicted octanol–water partition coefficient (Wildman–Crippen LogP) is 2.88. The summed E-state index contributed by atoms with van der Waals surface area (Å²) in [5.41, 5.74) is 10.0. The first-order valence-corrected chi connectivity index (χ1v) is 6.76. The van der Waals surface area contributed by atoms with E-state index in [0.29, 0.717) is 6.04 Å². The SMILES string of the molecule is CC(NC1CC(N)c2ccccc21)c1cccnc1.